The second kappa shape index (κ2) is 7.39. The molecule has 4 aromatic rings. The molecule has 2 aromatic carbocycles. The van der Waals surface area contributed by atoms with E-state index in [1.807, 2.05) is 63.0 Å². The Morgan fingerprint density at radius 2 is 1.87 bits per heavy atom. The van der Waals surface area contributed by atoms with E-state index in [4.69, 9.17) is 0 Å². The molecule has 2 N–H and O–H groups in total. The summed E-state index contributed by atoms with van der Waals surface area (Å²) in [5.41, 5.74) is 6.19. The van der Waals surface area contributed by atoms with E-state index in [0.717, 1.165) is 70.9 Å². The molecule has 0 radical (unpaired) electrons. The van der Waals surface area contributed by atoms with Crippen molar-refractivity contribution in [3.8, 4) is 0 Å². The monoisotopic (exact) mass is 417 g/mol. The summed E-state index contributed by atoms with van der Waals surface area (Å²) in [6, 6.07) is 7.88. The first-order valence-corrected chi connectivity index (χ1v) is 10.6. The van der Waals surface area contributed by atoms with Crippen molar-refractivity contribution < 1.29 is 4.79 Å². The minimum Gasteiger partial charge on any atom is -0.368 e. The number of anilines is 2. The van der Waals surface area contributed by atoms with Gasteiger partial charge in [0.1, 0.15) is 11.3 Å². The van der Waals surface area contributed by atoms with E-state index < -0.39 is 0 Å². The lowest BCUT2D eigenvalue weighted by Crippen LogP contribution is -2.43. The molecule has 0 unspecified atom stereocenters. The highest BCUT2D eigenvalue weighted by Gasteiger charge is 2.20. The molecule has 1 fully saturated rings. The zero-order valence-corrected chi connectivity index (χ0v) is 18.4. The first kappa shape index (κ1) is 19.6. The Kier molecular flexibility index (Phi) is 4.66. The summed E-state index contributed by atoms with van der Waals surface area (Å²) in [6.07, 6.45) is 2.00. The van der Waals surface area contributed by atoms with Crippen molar-refractivity contribution in [2.45, 2.75) is 13.8 Å². The van der Waals surface area contributed by atoms with Gasteiger partial charge < -0.3 is 20.1 Å². The Bertz CT molecular complexity index is 1310. The van der Waals surface area contributed by atoms with Crippen molar-refractivity contribution in [3.63, 3.8) is 0 Å². The highest BCUT2D eigenvalue weighted by molar-refractivity contribution is 6.14. The van der Waals surface area contributed by atoms with Gasteiger partial charge in [0.15, 0.2) is 0 Å². The number of fused-ring (bicyclic) bond motifs is 2. The molecule has 160 valence electrons. The van der Waals surface area contributed by atoms with Gasteiger partial charge in [0.25, 0.3) is 5.91 Å². The zero-order valence-electron chi connectivity index (χ0n) is 18.4. The molecule has 1 aliphatic rings. The number of piperazine rings is 1. The lowest BCUT2D eigenvalue weighted by atomic mass is 10.1. The molecule has 0 spiro atoms. The van der Waals surface area contributed by atoms with Gasteiger partial charge in [-0.3, -0.25) is 9.48 Å². The van der Waals surface area contributed by atoms with Crippen molar-refractivity contribution >= 4 is 39.2 Å². The summed E-state index contributed by atoms with van der Waals surface area (Å²) in [5.74, 6) is 0.786. The Hall–Kier alpha value is -3.39. The normalized spacial score (nSPS) is 14.5. The number of imidazole rings is 1. The minimum absolute atomic E-state index is 0.159. The number of hydrogen-bond acceptors (Lipinski definition) is 5. The number of rotatable bonds is 3. The lowest BCUT2D eigenvalue weighted by molar-refractivity contribution is 0.102. The largest absolute Gasteiger partial charge is 0.368 e. The van der Waals surface area contributed by atoms with E-state index in [-0.39, 0.29) is 5.91 Å². The summed E-state index contributed by atoms with van der Waals surface area (Å²) < 4.78 is 3.82. The van der Waals surface area contributed by atoms with Gasteiger partial charge in [0.05, 0.1) is 16.6 Å². The zero-order chi connectivity index (χ0) is 21.7. The average molecular weight is 418 g/mol. The molecule has 0 saturated carbocycles. The Morgan fingerprint density at radius 1 is 1.10 bits per heavy atom. The van der Waals surface area contributed by atoms with Gasteiger partial charge in [-0.05, 0) is 43.7 Å². The molecule has 0 atom stereocenters. The van der Waals surface area contributed by atoms with Gasteiger partial charge in [-0.25, -0.2) is 4.98 Å². The van der Waals surface area contributed by atoms with Crippen molar-refractivity contribution in [2.75, 3.05) is 36.4 Å². The van der Waals surface area contributed by atoms with E-state index in [1.165, 1.54) is 0 Å². The van der Waals surface area contributed by atoms with Crippen molar-refractivity contribution in [1.82, 2.24) is 24.6 Å². The van der Waals surface area contributed by atoms with Crippen LogP contribution in [0.2, 0.25) is 0 Å². The molecule has 5 rings (SSSR count). The van der Waals surface area contributed by atoms with Crippen LogP contribution in [0.3, 0.4) is 0 Å². The smallest absolute Gasteiger partial charge is 0.257 e. The minimum atomic E-state index is -0.159. The number of benzene rings is 2. The first-order chi connectivity index (χ1) is 14.9. The maximum atomic E-state index is 13.3. The highest BCUT2D eigenvalue weighted by Crippen LogP contribution is 2.30. The topological polar surface area (TPSA) is 80.0 Å². The first-order valence-electron chi connectivity index (χ1n) is 10.6. The number of aryl methyl sites for hydroxylation is 4. The third-order valence-corrected chi connectivity index (χ3v) is 6.13. The van der Waals surface area contributed by atoms with Crippen LogP contribution in [0.25, 0.3) is 21.9 Å². The van der Waals surface area contributed by atoms with Crippen LogP contribution in [-0.2, 0) is 14.1 Å². The lowest BCUT2D eigenvalue weighted by Gasteiger charge is -2.30. The number of hydrogen-bond donors (Lipinski definition) is 2. The molecule has 0 bridgehead atoms. The number of carbonyl (C=O) groups excluding carboxylic acids is 1. The maximum absolute atomic E-state index is 13.3. The van der Waals surface area contributed by atoms with Crippen molar-refractivity contribution in [3.05, 3.63) is 47.4 Å². The maximum Gasteiger partial charge on any atom is 0.257 e. The second-order valence-corrected chi connectivity index (χ2v) is 8.27. The molecule has 1 aliphatic heterocycles. The molecular weight excluding hydrogens is 390 g/mol. The van der Waals surface area contributed by atoms with Crippen LogP contribution >= 0.6 is 0 Å². The third kappa shape index (κ3) is 3.33. The van der Waals surface area contributed by atoms with Crippen LogP contribution in [-0.4, -0.2) is 51.4 Å². The fourth-order valence-corrected chi connectivity index (χ4v) is 4.41. The van der Waals surface area contributed by atoms with Gasteiger partial charge in [-0.2, -0.15) is 5.10 Å². The molecule has 1 saturated heterocycles. The van der Waals surface area contributed by atoms with E-state index in [2.05, 4.69) is 25.6 Å². The average Bonchev–Trinajstić information content (AvgIpc) is 3.28. The summed E-state index contributed by atoms with van der Waals surface area (Å²) in [4.78, 5) is 20.2. The predicted octanol–water partition coefficient (Wildman–Crippen LogP) is 2.74. The van der Waals surface area contributed by atoms with Gasteiger partial charge in [-0.1, -0.05) is 0 Å². The van der Waals surface area contributed by atoms with Gasteiger partial charge in [-0.15, -0.1) is 0 Å². The Balaban J connectivity index is 1.52. The second-order valence-electron chi connectivity index (χ2n) is 8.27. The quantitative estimate of drug-likeness (QED) is 0.536. The van der Waals surface area contributed by atoms with Crippen LogP contribution in [0.4, 0.5) is 11.4 Å². The summed E-state index contributed by atoms with van der Waals surface area (Å²) in [5, 5.41) is 12.1. The van der Waals surface area contributed by atoms with Crippen LogP contribution in [0.15, 0.2) is 30.5 Å². The van der Waals surface area contributed by atoms with Gasteiger partial charge in [0, 0.05) is 63.2 Å². The molecular formula is C23H27N7O. The van der Waals surface area contributed by atoms with Crippen LogP contribution in [0, 0.1) is 13.8 Å². The standard InChI is InChI=1S/C23H27N7O/c1-14-11-16(12-20-21(14)25-15(2)29(20)4)26-23(31)17-5-6-19(30-9-7-24-8-10-30)18-13-28(3)27-22(17)18/h5-6,11-13,24H,7-10H2,1-4H3,(H,26,31). The Morgan fingerprint density at radius 3 is 2.65 bits per heavy atom. The molecule has 2 aromatic heterocycles. The molecule has 31 heavy (non-hydrogen) atoms. The van der Waals surface area contributed by atoms with E-state index in [9.17, 15) is 4.79 Å². The number of nitrogens with zero attached hydrogens (tertiary/aromatic N) is 5. The fourth-order valence-electron chi connectivity index (χ4n) is 4.41. The number of carbonyl (C=O) groups is 1. The molecule has 8 heteroatoms. The van der Waals surface area contributed by atoms with Gasteiger partial charge in [0.2, 0.25) is 0 Å². The predicted molar refractivity (Wildman–Crippen MR) is 124 cm³/mol. The van der Waals surface area contributed by atoms with Crippen molar-refractivity contribution in [2.24, 2.45) is 14.1 Å². The fraction of sp³-hybridized carbons (Fsp3) is 0.348. The molecule has 8 nitrogen and oxygen atoms in total. The van der Waals surface area contributed by atoms with Crippen LogP contribution in [0.1, 0.15) is 21.7 Å². The van der Waals surface area contributed by atoms with E-state index >= 15 is 0 Å². The highest BCUT2D eigenvalue weighted by atomic mass is 16.1. The van der Waals surface area contributed by atoms with Crippen LogP contribution < -0.4 is 15.5 Å². The summed E-state index contributed by atoms with van der Waals surface area (Å²) in [7, 11) is 3.88. The molecule has 1 amide bonds. The summed E-state index contributed by atoms with van der Waals surface area (Å²) in [6.45, 7) is 7.80. The number of aromatic nitrogens is 4. The number of nitrogens with one attached hydrogen (secondary N) is 2. The molecule has 0 aliphatic carbocycles. The SMILES string of the molecule is Cc1cc(NC(=O)c2ccc(N3CCNCC3)c3cn(C)nc23)cc2c1nc(C)n2C. The van der Waals surface area contributed by atoms with Crippen molar-refractivity contribution in [1.29, 1.82) is 0 Å². The third-order valence-electron chi connectivity index (χ3n) is 6.13. The van der Waals surface area contributed by atoms with E-state index in [1.54, 1.807) is 4.68 Å². The van der Waals surface area contributed by atoms with E-state index in [0.29, 0.717) is 5.56 Å². The molecule has 3 heterocycles. The van der Waals surface area contributed by atoms with Gasteiger partial charge >= 0.3 is 0 Å². The van der Waals surface area contributed by atoms with Crippen LogP contribution in [0.5, 0.6) is 0 Å². The number of amides is 1. The Labute approximate surface area is 180 Å². The summed E-state index contributed by atoms with van der Waals surface area (Å²) >= 11 is 0.